The van der Waals surface area contributed by atoms with Crippen molar-refractivity contribution < 1.29 is 75.4 Å². The Bertz CT molecular complexity index is 1310. The fraction of sp³-hybridized carbons (Fsp3) is 0.0625. The van der Waals surface area contributed by atoms with E-state index in [1.165, 1.54) is 11.6 Å². The number of aromatic amines is 1. The number of non-ortho nitro benzene ring substituents is 1. The third-order valence-corrected chi connectivity index (χ3v) is 4.68. The van der Waals surface area contributed by atoms with Gasteiger partial charge in [0.1, 0.15) is 20.7 Å². The number of nitrogens with one attached hydrogen (secondary N) is 1. The number of nitro groups is 1. The van der Waals surface area contributed by atoms with Crippen LogP contribution < -0.4 is 35.1 Å². The third kappa shape index (κ3) is 6.12. The van der Waals surface area contributed by atoms with E-state index in [1.807, 2.05) is 0 Å². The van der Waals surface area contributed by atoms with E-state index in [1.54, 1.807) is 30.3 Å². The van der Waals surface area contributed by atoms with Gasteiger partial charge in [-0.25, -0.2) is 13.1 Å². The van der Waals surface area contributed by atoms with Gasteiger partial charge in [0.05, 0.1) is 16.3 Å². The number of phenols is 1. The van der Waals surface area contributed by atoms with Crippen molar-refractivity contribution in [1.82, 2.24) is 9.78 Å². The summed E-state index contributed by atoms with van der Waals surface area (Å²) in [6.45, 7) is 1.52. The van der Waals surface area contributed by atoms with E-state index >= 15 is 0 Å². The van der Waals surface area contributed by atoms with Gasteiger partial charge in [0.2, 0.25) is 0 Å². The predicted octanol–water partition coefficient (Wildman–Crippen LogP) is -1.42. The topological polar surface area (TPSA) is 215 Å². The van der Waals surface area contributed by atoms with Crippen LogP contribution in [0.4, 0.5) is 17.1 Å². The molecule has 3 rings (SSSR count). The maximum absolute atomic E-state index is 12.6. The maximum atomic E-state index is 12.6. The standard InChI is InChI=1S/C16H13N5O7S.Cr.Na.H2O/c1-9-14(16(23)20(19-9)10-5-3-2-4-6-10)18-17-12-7-11(21(24)25)8-13(15(12)22)29(26,27)28;;;/h2-8,19,22H,1H3,(H,26,27,28);;;1H2/q;;+1;/p-1. The number of hydrogen-bond acceptors (Lipinski definition) is 9. The SMILES string of the molecule is Cc1[nH]n(-c2ccccc2)c(=O)c1N=Nc1cc([N+](=O)[O-])cc(S(=O)(=O)[O-])c1O.O.[Cr].[Na+]. The molecule has 0 fully saturated rings. The van der Waals surface area contributed by atoms with Crippen LogP contribution in [-0.4, -0.2) is 38.3 Å². The molecule has 1 aromatic heterocycles. The number of aromatic nitrogens is 2. The Kier molecular flexibility index (Phi) is 10.7. The second-order valence-electron chi connectivity index (χ2n) is 5.78. The van der Waals surface area contributed by atoms with Crippen molar-refractivity contribution in [3.63, 3.8) is 0 Å². The van der Waals surface area contributed by atoms with Crippen molar-refractivity contribution in [3.8, 4) is 11.4 Å². The number of rotatable bonds is 5. The van der Waals surface area contributed by atoms with E-state index in [2.05, 4.69) is 15.3 Å². The van der Waals surface area contributed by atoms with Crippen LogP contribution in [0.2, 0.25) is 0 Å². The van der Waals surface area contributed by atoms with Gasteiger partial charge in [0.25, 0.3) is 11.2 Å². The Morgan fingerprint density at radius 1 is 1.16 bits per heavy atom. The number of H-pyrrole nitrogens is 1. The van der Waals surface area contributed by atoms with Crippen LogP contribution in [0.1, 0.15) is 5.69 Å². The van der Waals surface area contributed by atoms with Crippen LogP contribution >= 0.6 is 0 Å². The van der Waals surface area contributed by atoms with Crippen molar-refractivity contribution in [2.75, 3.05) is 0 Å². The molecule has 0 aliphatic carbocycles. The average Bonchev–Trinajstić information content (AvgIpc) is 2.94. The summed E-state index contributed by atoms with van der Waals surface area (Å²) in [6.07, 6.45) is 0. The molecule has 0 aliphatic heterocycles. The fourth-order valence-corrected chi connectivity index (χ4v) is 3.08. The summed E-state index contributed by atoms with van der Waals surface area (Å²) in [5.74, 6) is -1.11. The van der Waals surface area contributed by atoms with Gasteiger partial charge in [-0.2, -0.15) is 0 Å². The number of aromatic hydroxyl groups is 1. The molecule has 0 bridgehead atoms. The number of phenolic OH excluding ortho intramolecular Hbond substituents is 1. The van der Waals surface area contributed by atoms with Gasteiger partial charge in [-0.3, -0.25) is 20.0 Å². The van der Waals surface area contributed by atoms with E-state index in [-0.39, 0.29) is 58.1 Å². The molecule has 3 aromatic rings. The molecule has 4 N–H and O–H groups in total. The van der Waals surface area contributed by atoms with E-state index in [9.17, 15) is 33.0 Å². The van der Waals surface area contributed by atoms with Crippen LogP contribution in [0.25, 0.3) is 5.69 Å². The van der Waals surface area contributed by atoms with E-state index in [0.717, 1.165) is 6.07 Å². The molecule has 0 saturated carbocycles. The van der Waals surface area contributed by atoms with Gasteiger partial charge in [-0.15, -0.1) is 10.2 Å². The van der Waals surface area contributed by atoms with Crippen LogP contribution in [0.5, 0.6) is 5.75 Å². The molecular weight excluding hydrogens is 497 g/mol. The molecule has 16 heteroatoms. The Labute approximate surface area is 213 Å². The molecule has 0 spiro atoms. The number of benzene rings is 2. The third-order valence-electron chi connectivity index (χ3n) is 3.83. The van der Waals surface area contributed by atoms with Crippen LogP contribution in [-0.2, 0) is 27.5 Å². The van der Waals surface area contributed by atoms with Gasteiger partial charge >= 0.3 is 29.6 Å². The maximum Gasteiger partial charge on any atom is 1.00 e. The summed E-state index contributed by atoms with van der Waals surface area (Å²) in [7, 11) is -5.22. The molecule has 1 heterocycles. The zero-order chi connectivity index (χ0) is 21.3. The van der Waals surface area contributed by atoms with E-state index < -0.39 is 42.6 Å². The first-order valence-electron chi connectivity index (χ1n) is 7.85. The molecule has 0 atom stereocenters. The Morgan fingerprint density at radius 3 is 2.28 bits per heavy atom. The zero-order valence-corrected chi connectivity index (χ0v) is 20.6. The predicted molar refractivity (Wildman–Crippen MR) is 102 cm³/mol. The first-order chi connectivity index (χ1) is 13.6. The summed E-state index contributed by atoms with van der Waals surface area (Å²) in [6, 6.07) is 9.66. The van der Waals surface area contributed by atoms with Crippen molar-refractivity contribution >= 4 is 27.2 Å². The first-order valence-corrected chi connectivity index (χ1v) is 9.26. The smallest absolute Gasteiger partial charge is 0.744 e. The van der Waals surface area contributed by atoms with Gasteiger partial charge in [0.15, 0.2) is 11.4 Å². The molecule has 0 aliphatic rings. The molecule has 2 aromatic carbocycles. The number of azo groups is 1. The molecule has 0 amide bonds. The molecule has 0 radical (unpaired) electrons. The number of aryl methyl sites for hydroxylation is 1. The Morgan fingerprint density at radius 2 is 1.75 bits per heavy atom. The summed E-state index contributed by atoms with van der Waals surface area (Å²) in [5.41, 5.74) is -1.41. The second-order valence-corrected chi connectivity index (χ2v) is 7.13. The van der Waals surface area contributed by atoms with Crippen LogP contribution in [0.15, 0.2) is 62.4 Å². The van der Waals surface area contributed by atoms with Crippen molar-refractivity contribution in [3.05, 3.63) is 68.6 Å². The molecular formula is C16H14CrN5NaO8S. The fourth-order valence-electron chi connectivity index (χ4n) is 2.47. The Hall–Kier alpha value is -2.35. The van der Waals surface area contributed by atoms with Crippen LogP contribution in [0, 0.1) is 17.0 Å². The number of nitro benzene ring substituents is 1. The first kappa shape index (κ1) is 29.7. The molecule has 0 unspecified atom stereocenters. The summed E-state index contributed by atoms with van der Waals surface area (Å²) in [4.78, 5) is 21.4. The largest absolute Gasteiger partial charge is 1.00 e. The minimum Gasteiger partial charge on any atom is -0.744 e. The monoisotopic (exact) mass is 511 g/mol. The van der Waals surface area contributed by atoms with Gasteiger partial charge < -0.3 is 15.1 Å². The Balaban J connectivity index is 0.00000320. The van der Waals surface area contributed by atoms with Crippen molar-refractivity contribution in [2.45, 2.75) is 11.8 Å². The van der Waals surface area contributed by atoms with E-state index in [4.69, 9.17) is 0 Å². The molecule has 0 saturated heterocycles. The minimum absolute atomic E-state index is 0. The quantitative estimate of drug-likeness (QED) is 0.137. The van der Waals surface area contributed by atoms with E-state index in [0.29, 0.717) is 17.4 Å². The number of hydrogen-bond donors (Lipinski definition) is 2. The normalized spacial score (nSPS) is 10.7. The minimum atomic E-state index is -5.22. The van der Waals surface area contributed by atoms with Gasteiger partial charge in [-0.1, -0.05) is 18.2 Å². The molecule has 164 valence electrons. The van der Waals surface area contributed by atoms with Gasteiger partial charge in [0, 0.05) is 29.5 Å². The average molecular weight is 511 g/mol. The van der Waals surface area contributed by atoms with Gasteiger partial charge in [-0.05, 0) is 19.1 Å². The molecule has 13 nitrogen and oxygen atoms in total. The number of nitrogens with zero attached hydrogens (tertiary/aromatic N) is 4. The summed E-state index contributed by atoms with van der Waals surface area (Å²) < 4.78 is 34.9. The summed E-state index contributed by atoms with van der Waals surface area (Å²) >= 11 is 0. The van der Waals surface area contributed by atoms with Crippen LogP contribution in [0.3, 0.4) is 0 Å². The number of para-hydroxylation sites is 1. The van der Waals surface area contributed by atoms with Crippen molar-refractivity contribution in [2.24, 2.45) is 10.2 Å². The molecule has 32 heavy (non-hydrogen) atoms. The van der Waals surface area contributed by atoms with Crippen molar-refractivity contribution in [1.29, 1.82) is 0 Å². The second kappa shape index (κ2) is 11.5. The summed E-state index contributed by atoms with van der Waals surface area (Å²) in [5, 5.41) is 31.0. The zero-order valence-electron chi connectivity index (χ0n) is 16.5.